The Bertz CT molecular complexity index is 606. The van der Waals surface area contributed by atoms with Crippen LogP contribution in [-0.2, 0) is 0 Å². The van der Waals surface area contributed by atoms with Crippen LogP contribution in [0, 0.1) is 0 Å². The highest BCUT2D eigenvalue weighted by Gasteiger charge is 2.11. The van der Waals surface area contributed by atoms with Crippen LogP contribution >= 0.6 is 11.6 Å². The SMILES string of the molecule is Clc1ccc(C2=CCC(c3ccccc3)C=C2)cc1. The van der Waals surface area contributed by atoms with Gasteiger partial charge in [-0.2, -0.15) is 0 Å². The van der Waals surface area contributed by atoms with E-state index in [1.165, 1.54) is 16.7 Å². The second-order valence-corrected chi connectivity index (χ2v) is 5.21. The van der Waals surface area contributed by atoms with Crippen LogP contribution in [0.5, 0.6) is 0 Å². The van der Waals surface area contributed by atoms with E-state index >= 15 is 0 Å². The smallest absolute Gasteiger partial charge is 0.0406 e. The third kappa shape index (κ3) is 2.80. The van der Waals surface area contributed by atoms with E-state index in [1.54, 1.807) is 0 Å². The lowest BCUT2D eigenvalue weighted by atomic mass is 9.88. The lowest BCUT2D eigenvalue weighted by Crippen LogP contribution is -1.98. The second kappa shape index (κ2) is 5.46. The van der Waals surface area contributed by atoms with E-state index < -0.39 is 0 Å². The molecule has 0 spiro atoms. The van der Waals surface area contributed by atoms with Crippen molar-refractivity contribution < 1.29 is 0 Å². The molecule has 1 atom stereocenters. The van der Waals surface area contributed by atoms with Crippen molar-refractivity contribution in [2.45, 2.75) is 12.3 Å². The summed E-state index contributed by atoms with van der Waals surface area (Å²) in [6.45, 7) is 0. The summed E-state index contributed by atoms with van der Waals surface area (Å²) in [7, 11) is 0. The zero-order valence-electron chi connectivity index (χ0n) is 10.6. The van der Waals surface area contributed by atoms with E-state index in [9.17, 15) is 0 Å². The third-order valence-electron chi connectivity index (χ3n) is 3.51. The standard InChI is InChI=1S/C18H15Cl/c19-18-12-10-17(11-13-18)16-8-6-15(7-9-16)14-4-2-1-3-5-14/h1-6,8-13,15H,7H2. The Balaban J connectivity index is 1.78. The van der Waals surface area contributed by atoms with Gasteiger partial charge in [-0.05, 0) is 35.3 Å². The molecule has 0 saturated carbocycles. The van der Waals surface area contributed by atoms with E-state index in [1.807, 2.05) is 12.1 Å². The average molecular weight is 267 g/mol. The number of hydrogen-bond donors (Lipinski definition) is 0. The summed E-state index contributed by atoms with van der Waals surface area (Å²) in [5.41, 5.74) is 3.89. The van der Waals surface area contributed by atoms with Crippen molar-refractivity contribution in [3.63, 3.8) is 0 Å². The van der Waals surface area contributed by atoms with Crippen LogP contribution in [0.1, 0.15) is 23.5 Å². The highest BCUT2D eigenvalue weighted by molar-refractivity contribution is 6.30. The van der Waals surface area contributed by atoms with E-state index in [4.69, 9.17) is 11.6 Å². The normalized spacial score (nSPS) is 18.2. The first-order valence-electron chi connectivity index (χ1n) is 6.52. The maximum atomic E-state index is 5.92. The monoisotopic (exact) mass is 266 g/mol. The summed E-state index contributed by atoms with van der Waals surface area (Å²) >= 11 is 5.92. The topological polar surface area (TPSA) is 0 Å². The van der Waals surface area contributed by atoms with Crippen molar-refractivity contribution in [2.24, 2.45) is 0 Å². The van der Waals surface area contributed by atoms with Crippen LogP contribution in [0.2, 0.25) is 5.02 Å². The summed E-state index contributed by atoms with van der Waals surface area (Å²) in [5.74, 6) is 0.497. The van der Waals surface area contributed by atoms with Gasteiger partial charge < -0.3 is 0 Å². The van der Waals surface area contributed by atoms with Gasteiger partial charge in [0, 0.05) is 10.9 Å². The van der Waals surface area contributed by atoms with Gasteiger partial charge in [-0.1, -0.05) is 72.3 Å². The van der Waals surface area contributed by atoms with Gasteiger partial charge in [0.1, 0.15) is 0 Å². The fourth-order valence-electron chi connectivity index (χ4n) is 2.42. The maximum absolute atomic E-state index is 5.92. The van der Waals surface area contributed by atoms with Gasteiger partial charge in [0.2, 0.25) is 0 Å². The van der Waals surface area contributed by atoms with Crippen molar-refractivity contribution in [3.8, 4) is 0 Å². The summed E-state index contributed by atoms with van der Waals surface area (Å²) in [5, 5.41) is 0.784. The zero-order valence-corrected chi connectivity index (χ0v) is 11.3. The van der Waals surface area contributed by atoms with Crippen LogP contribution in [0.15, 0.2) is 72.8 Å². The summed E-state index contributed by atoms with van der Waals surface area (Å²) in [6, 6.07) is 18.7. The quantitative estimate of drug-likeness (QED) is 0.676. The Kier molecular flexibility index (Phi) is 3.52. The Morgan fingerprint density at radius 1 is 0.895 bits per heavy atom. The van der Waals surface area contributed by atoms with E-state index in [2.05, 4.69) is 60.7 Å². The maximum Gasteiger partial charge on any atom is 0.0406 e. The minimum absolute atomic E-state index is 0.497. The lowest BCUT2D eigenvalue weighted by molar-refractivity contribution is 0.856. The molecule has 94 valence electrons. The van der Waals surface area contributed by atoms with Crippen LogP contribution < -0.4 is 0 Å². The minimum atomic E-state index is 0.497. The fourth-order valence-corrected chi connectivity index (χ4v) is 2.55. The number of rotatable bonds is 2. The van der Waals surface area contributed by atoms with E-state index in [-0.39, 0.29) is 0 Å². The molecule has 0 bridgehead atoms. The van der Waals surface area contributed by atoms with Crippen LogP contribution in [0.4, 0.5) is 0 Å². The van der Waals surface area contributed by atoms with Crippen molar-refractivity contribution in [2.75, 3.05) is 0 Å². The lowest BCUT2D eigenvalue weighted by Gasteiger charge is -2.16. The number of hydrogen-bond acceptors (Lipinski definition) is 0. The molecular formula is C18H15Cl. The molecule has 0 saturated heterocycles. The highest BCUT2D eigenvalue weighted by atomic mass is 35.5. The molecule has 0 aromatic heterocycles. The van der Waals surface area contributed by atoms with Gasteiger partial charge in [0.25, 0.3) is 0 Å². The Morgan fingerprint density at radius 3 is 2.26 bits per heavy atom. The Hall–Kier alpha value is -1.79. The predicted octanol–water partition coefficient (Wildman–Crippen LogP) is 5.47. The molecule has 1 unspecified atom stereocenters. The van der Waals surface area contributed by atoms with Crippen LogP contribution in [0.25, 0.3) is 5.57 Å². The van der Waals surface area contributed by atoms with Gasteiger partial charge in [0.15, 0.2) is 0 Å². The molecule has 0 aliphatic heterocycles. The van der Waals surface area contributed by atoms with Gasteiger partial charge in [-0.25, -0.2) is 0 Å². The van der Waals surface area contributed by atoms with Gasteiger partial charge >= 0.3 is 0 Å². The van der Waals surface area contributed by atoms with Crippen molar-refractivity contribution >= 4 is 17.2 Å². The van der Waals surface area contributed by atoms with Crippen molar-refractivity contribution in [1.82, 2.24) is 0 Å². The van der Waals surface area contributed by atoms with Gasteiger partial charge in [-0.3, -0.25) is 0 Å². The largest absolute Gasteiger partial charge is 0.0843 e. The fraction of sp³-hybridized carbons (Fsp3) is 0.111. The third-order valence-corrected chi connectivity index (χ3v) is 3.76. The molecule has 19 heavy (non-hydrogen) atoms. The molecule has 0 N–H and O–H groups in total. The molecule has 1 heteroatoms. The van der Waals surface area contributed by atoms with E-state index in [0.29, 0.717) is 5.92 Å². The molecule has 0 amide bonds. The van der Waals surface area contributed by atoms with Gasteiger partial charge in [0.05, 0.1) is 0 Å². The Labute approximate surface area is 119 Å². The molecule has 2 aromatic carbocycles. The summed E-state index contributed by atoms with van der Waals surface area (Å²) in [4.78, 5) is 0. The van der Waals surface area contributed by atoms with Crippen LogP contribution in [-0.4, -0.2) is 0 Å². The first-order valence-corrected chi connectivity index (χ1v) is 6.90. The number of benzene rings is 2. The first kappa shape index (κ1) is 12.3. The van der Waals surface area contributed by atoms with E-state index in [0.717, 1.165) is 11.4 Å². The number of allylic oxidation sites excluding steroid dienone is 4. The molecule has 2 aromatic rings. The molecule has 0 heterocycles. The van der Waals surface area contributed by atoms with Crippen molar-refractivity contribution in [1.29, 1.82) is 0 Å². The number of halogens is 1. The molecule has 3 rings (SSSR count). The molecule has 0 radical (unpaired) electrons. The van der Waals surface area contributed by atoms with Crippen LogP contribution in [0.3, 0.4) is 0 Å². The Morgan fingerprint density at radius 2 is 1.63 bits per heavy atom. The molecular weight excluding hydrogens is 252 g/mol. The second-order valence-electron chi connectivity index (χ2n) is 4.78. The van der Waals surface area contributed by atoms with Gasteiger partial charge in [-0.15, -0.1) is 0 Å². The summed E-state index contributed by atoms with van der Waals surface area (Å²) < 4.78 is 0. The summed E-state index contributed by atoms with van der Waals surface area (Å²) in [6.07, 6.45) is 7.86. The molecule has 0 fully saturated rings. The predicted molar refractivity (Wildman–Crippen MR) is 82.4 cm³/mol. The zero-order chi connectivity index (χ0) is 13.1. The first-order chi connectivity index (χ1) is 9.33. The molecule has 0 nitrogen and oxygen atoms in total. The molecule has 1 aliphatic rings. The molecule has 1 aliphatic carbocycles. The van der Waals surface area contributed by atoms with Crippen molar-refractivity contribution in [3.05, 3.63) is 89.0 Å². The highest BCUT2D eigenvalue weighted by Crippen LogP contribution is 2.30. The minimum Gasteiger partial charge on any atom is -0.0843 e. The average Bonchev–Trinajstić information content (AvgIpc) is 2.49.